The van der Waals surface area contributed by atoms with E-state index in [1.807, 2.05) is 0 Å². The molecule has 21 saturated heterocycles. The topological polar surface area (TPSA) is 548 Å². The van der Waals surface area contributed by atoms with Gasteiger partial charge in [0.2, 0.25) is 0 Å². The van der Waals surface area contributed by atoms with E-state index >= 15 is 0 Å². The Hall–Kier alpha value is -1.98. The molecule has 19 N–H and O–H groups in total. The van der Waals surface area contributed by atoms with E-state index in [1.54, 1.807) is 13.8 Å². The van der Waals surface area contributed by atoms with E-state index in [1.165, 1.54) is 0 Å². The normalized spacial score (nSPS) is 52.1. The third kappa shape index (κ3) is 13.5. The van der Waals surface area contributed by atoms with E-state index in [2.05, 4.69) is 0 Å². The van der Waals surface area contributed by atoms with Gasteiger partial charge in [0, 0.05) is 12.8 Å². The lowest BCUT2D eigenvalue weighted by atomic mass is 9.93. The van der Waals surface area contributed by atoms with E-state index in [4.69, 9.17) is 66.3 Å². The van der Waals surface area contributed by atoms with Crippen molar-refractivity contribution >= 4 is 11.6 Å². The molecule has 35 heteroatoms. The van der Waals surface area contributed by atoms with E-state index < -0.39 is 260 Å². The summed E-state index contributed by atoms with van der Waals surface area (Å²) in [7, 11) is 0. The number of carbonyl (C=O) groups excluding carboxylic acids is 2. The maximum Gasteiger partial charge on any atom is 0.187 e. The predicted molar refractivity (Wildman–Crippen MR) is 254 cm³/mol. The molecule has 0 saturated carbocycles. The summed E-state index contributed by atoms with van der Waals surface area (Å²) in [6.07, 6.45) is -72.5. The number of hydrogen-bond acceptors (Lipinski definition) is 35. The minimum absolute atomic E-state index is 0.164. The first-order valence-corrected chi connectivity index (χ1v) is 27.3. The summed E-state index contributed by atoms with van der Waals surface area (Å²) in [5.41, 5.74) is 0. The number of Topliss-reactive ketones (excluding diaryl/α,β-unsaturated/α-hetero) is 2. The Morgan fingerprint density at radius 2 is 0.422 bits per heavy atom. The molecule has 0 amide bonds. The number of aliphatic hydroxyl groups is 19. The van der Waals surface area contributed by atoms with Crippen LogP contribution in [0.5, 0.6) is 0 Å². The van der Waals surface area contributed by atoms with Crippen LogP contribution >= 0.6 is 0 Å². The van der Waals surface area contributed by atoms with Crippen LogP contribution in [0.4, 0.5) is 0 Å². The van der Waals surface area contributed by atoms with Crippen LogP contribution in [0.15, 0.2) is 0 Å². The first-order valence-electron chi connectivity index (χ1n) is 27.3. The average Bonchev–Trinajstić information content (AvgIpc) is 3.57. The van der Waals surface area contributed by atoms with Crippen molar-refractivity contribution in [3.05, 3.63) is 0 Å². The average molecular weight is 1220 g/mol. The molecule has 21 rings (SSSR count). The fraction of sp³-hybridized carbons (Fsp3) is 0.958. The van der Waals surface area contributed by atoms with Crippen molar-refractivity contribution in [1.82, 2.24) is 0 Å². The molecule has 21 aliphatic rings. The molecule has 0 aromatic heterocycles. The molecule has 0 aromatic rings. The smallest absolute Gasteiger partial charge is 0.187 e. The molecule has 35 atom stereocenters. The van der Waals surface area contributed by atoms with Gasteiger partial charge in [-0.2, -0.15) is 0 Å². The maximum absolute atomic E-state index is 13.7. The number of aliphatic hydroxyl groups excluding tert-OH is 19. The third-order valence-corrected chi connectivity index (χ3v) is 15.9. The van der Waals surface area contributed by atoms with Crippen LogP contribution in [0.25, 0.3) is 0 Å². The van der Waals surface area contributed by atoms with Gasteiger partial charge in [-0.05, 0) is 12.8 Å². The molecule has 0 spiro atoms. The molecule has 21 heterocycles. The zero-order valence-electron chi connectivity index (χ0n) is 44.6. The first kappa shape index (κ1) is 67.0. The standard InChI is InChI=1S/C48H78O35/c1-3-5-12(54)33-40-25(62)32(69)48(76-33)81-39-18(11-53)72-44(28(65)21(39)58)79-37-16(9-51)74-46(30(67)23(37)60)83-41-24(61)31(68)47(75-34(41)13(55)6-4-2)80-38-17(10-52)71-43(27(64)20(38)57)77-35-14(7-49)70-42(26(63)19(35)56)78-36-15(8-50)73-45(82-40)29(66)22(36)59/h14-53,56-69H,3-11H2,1-2H3/t14-,15-,16-,17-,18-,19-,20-,21-,22-,23-,24-,25-,26-,27-,28-,29-,30-,31-,32-,33-,34-,35-,36-,37-,38-,39-,40+,41+,42-,43-,44-,45-,46-,47-,48-/m1/s1. The maximum atomic E-state index is 13.7. The molecule has 14 bridgehead atoms. The fourth-order valence-electron chi connectivity index (χ4n) is 11.2. The van der Waals surface area contributed by atoms with Gasteiger partial charge in [-0.25, -0.2) is 0 Å². The summed E-state index contributed by atoms with van der Waals surface area (Å²) >= 11 is 0. The van der Waals surface area contributed by atoms with Gasteiger partial charge in [-0.15, -0.1) is 0 Å². The van der Waals surface area contributed by atoms with Crippen molar-refractivity contribution in [2.75, 3.05) is 33.0 Å². The first-order chi connectivity index (χ1) is 39.5. The van der Waals surface area contributed by atoms with Crippen LogP contribution in [0.2, 0.25) is 0 Å². The van der Waals surface area contributed by atoms with Crippen LogP contribution in [-0.2, 0) is 75.9 Å². The molecule has 0 aromatic carbocycles. The van der Waals surface area contributed by atoms with E-state index in [-0.39, 0.29) is 25.7 Å². The summed E-state index contributed by atoms with van der Waals surface area (Å²) in [6.45, 7) is -2.17. The van der Waals surface area contributed by atoms with Crippen molar-refractivity contribution in [2.45, 2.75) is 254 Å². The van der Waals surface area contributed by atoms with Crippen LogP contribution in [0.3, 0.4) is 0 Å². The molecule has 83 heavy (non-hydrogen) atoms. The van der Waals surface area contributed by atoms with Gasteiger partial charge >= 0.3 is 0 Å². The van der Waals surface area contributed by atoms with Crippen LogP contribution in [0.1, 0.15) is 39.5 Å². The van der Waals surface area contributed by atoms with Gasteiger partial charge in [0.15, 0.2) is 55.6 Å². The highest BCUT2D eigenvalue weighted by Crippen LogP contribution is 2.39. The summed E-state index contributed by atoms with van der Waals surface area (Å²) in [4.78, 5) is 27.4. The zero-order chi connectivity index (χ0) is 60.6. The van der Waals surface area contributed by atoms with Gasteiger partial charge in [0.05, 0.1) is 33.0 Å². The number of ether oxygens (including phenoxy) is 14. The van der Waals surface area contributed by atoms with Crippen LogP contribution in [0, 0.1) is 0 Å². The second kappa shape index (κ2) is 28.7. The predicted octanol–water partition coefficient (Wildman–Crippen LogP) is -12.5. The Morgan fingerprint density at radius 3 is 0.602 bits per heavy atom. The number of hydrogen-bond donors (Lipinski definition) is 19. The highest BCUT2D eigenvalue weighted by Gasteiger charge is 2.60. The lowest BCUT2D eigenvalue weighted by Gasteiger charge is -2.50. The van der Waals surface area contributed by atoms with Gasteiger partial charge in [0.25, 0.3) is 0 Å². The fourth-order valence-corrected chi connectivity index (χ4v) is 11.2. The van der Waals surface area contributed by atoms with Crippen molar-refractivity contribution in [3.63, 3.8) is 0 Å². The van der Waals surface area contributed by atoms with Crippen molar-refractivity contribution < 1.29 is 173 Å². The number of ketones is 2. The molecular weight excluding hydrogens is 1140 g/mol. The van der Waals surface area contributed by atoms with Crippen molar-refractivity contribution in [3.8, 4) is 0 Å². The van der Waals surface area contributed by atoms with Gasteiger partial charge < -0.3 is 163 Å². The lowest BCUT2D eigenvalue weighted by Crippen LogP contribution is -2.68. The van der Waals surface area contributed by atoms with Gasteiger partial charge in [-0.3, -0.25) is 9.59 Å². The molecule has 0 aliphatic carbocycles. The number of carbonyl (C=O) groups is 2. The molecule has 0 radical (unpaired) electrons. The van der Waals surface area contributed by atoms with Crippen LogP contribution < -0.4 is 0 Å². The van der Waals surface area contributed by atoms with Crippen molar-refractivity contribution in [2.24, 2.45) is 0 Å². The molecule has 0 unspecified atom stereocenters. The minimum atomic E-state index is -2.27. The van der Waals surface area contributed by atoms with Crippen molar-refractivity contribution in [1.29, 1.82) is 0 Å². The molecule has 21 aliphatic heterocycles. The van der Waals surface area contributed by atoms with Gasteiger partial charge in [-0.1, -0.05) is 13.8 Å². The minimum Gasteiger partial charge on any atom is -0.394 e. The van der Waals surface area contributed by atoms with E-state index in [9.17, 15) is 107 Å². The van der Waals surface area contributed by atoms with Crippen LogP contribution in [-0.4, -0.2) is 357 Å². The second-order valence-electron chi connectivity index (χ2n) is 21.5. The van der Waals surface area contributed by atoms with E-state index in [0.29, 0.717) is 0 Å². The zero-order valence-corrected chi connectivity index (χ0v) is 44.6. The third-order valence-electron chi connectivity index (χ3n) is 15.9. The SMILES string of the molecule is CCCC(=O)[C@H]1O[C@@H]2O[C@H]3[C@H](O)[C@@H](O)[C@@H](O[C@H]4[C@H](O)[C@@H](O)[C@@H](O[C@H]5[C@H](O)[C@@H](O)[C@@H](O[C@H]6[C@H](O)[C@@H](O)[C@@H](O[C@H]7[C@H](O)[C@@H](O)[C@@H](O[C@H]8[C@H](O)[C@@H](O)[C@@H](O[C@H]1[C@H](O)[C@H]2O)O[C@@H]8CO)O[C@@H]7CO)O[C@@H]6C(=O)CCC)O[C@@H]5CO)O[C@@H]4CO)O[C@@H]3CO. The Bertz CT molecular complexity index is 2040. The number of rotatable bonds is 11. The Labute approximate surface area is 471 Å². The molecule has 21 fully saturated rings. The monoisotopic (exact) mass is 1210 g/mol. The summed E-state index contributed by atoms with van der Waals surface area (Å²) in [6, 6.07) is 0. The van der Waals surface area contributed by atoms with E-state index in [0.717, 1.165) is 0 Å². The highest BCUT2D eigenvalue weighted by molar-refractivity contribution is 5.84. The second-order valence-corrected chi connectivity index (χ2v) is 21.5. The quantitative estimate of drug-likeness (QED) is 0.0913. The Morgan fingerprint density at radius 1 is 0.253 bits per heavy atom. The summed E-state index contributed by atoms with van der Waals surface area (Å²) < 4.78 is 80.8. The largest absolute Gasteiger partial charge is 0.394 e. The Balaban J connectivity index is 1.11. The van der Waals surface area contributed by atoms with Gasteiger partial charge in [0.1, 0.15) is 171 Å². The highest BCUT2D eigenvalue weighted by atomic mass is 16.8. The molecule has 480 valence electrons. The summed E-state index contributed by atoms with van der Waals surface area (Å²) in [5.74, 6) is -1.63. The molecule has 35 nitrogen and oxygen atoms in total. The summed E-state index contributed by atoms with van der Waals surface area (Å²) in [5, 5.41) is 213. The molecular formula is C48H78O35. The lowest BCUT2D eigenvalue weighted by molar-refractivity contribution is -0.394. The Kier molecular flexibility index (Phi) is 23.1.